The number of rotatable bonds is 9. The Morgan fingerprint density at radius 2 is 0.868 bits per heavy atom. The van der Waals surface area contributed by atoms with E-state index in [2.05, 4.69) is 282 Å². The second kappa shape index (κ2) is 20.8. The van der Waals surface area contributed by atoms with Crippen LogP contribution in [-0.2, 0) is 0 Å². The van der Waals surface area contributed by atoms with Crippen molar-refractivity contribution in [2.75, 3.05) is 4.90 Å². The van der Waals surface area contributed by atoms with Gasteiger partial charge in [-0.1, -0.05) is 212 Å². The topological polar surface area (TPSA) is 83.8 Å². The highest BCUT2D eigenvalue weighted by atomic mass is 16.3. The predicted octanol–water partition coefficient (Wildman–Crippen LogP) is 22.3. The quantitative estimate of drug-likeness (QED) is 0.134. The molecule has 0 atom stereocenters. The minimum atomic E-state index is 0.492. The van der Waals surface area contributed by atoms with E-state index in [1.54, 1.807) is 0 Å². The van der Waals surface area contributed by atoms with Crippen LogP contribution in [0.15, 0.2) is 308 Å². The molecule has 422 valence electrons. The SMILES string of the molecule is N#Cc1ccc(N(c2ccc3c(ccc4ccccc43)c2)c2ccccc2-c2ccc3oc4ccc5c(c6cc7c8ccccc8c8ccccc8c7cc6n5-c5nc(-c6cccc(-c7ccccc7)c6)nc(-c6cccc(-c7ccccc7)c6)n5)c4c3c2)cc1. The van der Waals surface area contributed by atoms with Gasteiger partial charge in [0.1, 0.15) is 11.2 Å². The summed E-state index contributed by atoms with van der Waals surface area (Å²) in [5.74, 6) is 1.60. The van der Waals surface area contributed by atoms with E-state index < -0.39 is 0 Å². The van der Waals surface area contributed by atoms with E-state index in [-0.39, 0.29) is 0 Å². The zero-order valence-electron chi connectivity index (χ0n) is 49.0. The summed E-state index contributed by atoms with van der Waals surface area (Å²) in [6, 6.07) is 109. The molecule has 3 heterocycles. The molecular weight excluding hydrogens is 1110 g/mol. The summed E-state index contributed by atoms with van der Waals surface area (Å²) < 4.78 is 9.26. The van der Waals surface area contributed by atoms with Crippen LogP contribution in [0.5, 0.6) is 0 Å². The summed E-state index contributed by atoms with van der Waals surface area (Å²) in [4.78, 5) is 18.8. The summed E-state index contributed by atoms with van der Waals surface area (Å²) in [5.41, 5.74) is 15.1. The molecule has 0 saturated heterocycles. The number of aromatic nitrogens is 4. The molecule has 15 aromatic carbocycles. The highest BCUT2D eigenvalue weighted by molar-refractivity contribution is 6.33. The van der Waals surface area contributed by atoms with E-state index in [9.17, 15) is 5.26 Å². The fourth-order valence-corrected chi connectivity index (χ4v) is 14.0. The number of hydrogen-bond acceptors (Lipinski definition) is 6. The Labute approximate surface area is 522 Å². The number of furan rings is 1. The first-order chi connectivity index (χ1) is 45.0. The largest absolute Gasteiger partial charge is 0.456 e. The number of para-hydroxylation sites is 1. The number of nitrogens with zero attached hydrogens (tertiary/aromatic N) is 6. The lowest BCUT2D eigenvalue weighted by molar-refractivity contribution is 0.669. The summed E-state index contributed by atoms with van der Waals surface area (Å²) in [5, 5.41) is 25.7. The lowest BCUT2D eigenvalue weighted by Gasteiger charge is -2.28. The Morgan fingerprint density at radius 1 is 0.319 bits per heavy atom. The first kappa shape index (κ1) is 51.7. The molecule has 0 spiro atoms. The third kappa shape index (κ3) is 8.54. The maximum atomic E-state index is 9.96. The van der Waals surface area contributed by atoms with E-state index in [1.807, 2.05) is 36.4 Å². The molecule has 18 aromatic rings. The summed E-state index contributed by atoms with van der Waals surface area (Å²) in [6.45, 7) is 0. The van der Waals surface area contributed by atoms with Crippen molar-refractivity contribution in [3.63, 3.8) is 0 Å². The second-order valence-electron chi connectivity index (χ2n) is 23.4. The average Bonchev–Trinajstić information content (AvgIpc) is 1.59. The van der Waals surface area contributed by atoms with Gasteiger partial charge in [-0.25, -0.2) is 4.98 Å². The van der Waals surface area contributed by atoms with E-state index in [0.29, 0.717) is 23.2 Å². The van der Waals surface area contributed by atoms with Crippen LogP contribution in [0.25, 0.3) is 160 Å². The predicted molar refractivity (Wildman–Crippen MR) is 376 cm³/mol. The Hall–Kier alpha value is -12.5. The maximum absolute atomic E-state index is 9.96. The van der Waals surface area contributed by atoms with Gasteiger partial charge in [0.2, 0.25) is 5.95 Å². The van der Waals surface area contributed by atoms with Crippen LogP contribution < -0.4 is 4.90 Å². The van der Waals surface area contributed by atoms with Gasteiger partial charge in [0.15, 0.2) is 11.6 Å². The fourth-order valence-electron chi connectivity index (χ4n) is 14.0. The fraction of sp³-hybridized carbons (Fsp3) is 0. The van der Waals surface area contributed by atoms with Gasteiger partial charge >= 0.3 is 0 Å². The summed E-state index contributed by atoms with van der Waals surface area (Å²) >= 11 is 0. The van der Waals surface area contributed by atoms with Crippen LogP contribution in [-0.4, -0.2) is 19.5 Å². The van der Waals surface area contributed by atoms with Crippen molar-refractivity contribution in [1.82, 2.24) is 19.5 Å². The third-order valence-corrected chi connectivity index (χ3v) is 18.2. The lowest BCUT2D eigenvalue weighted by atomic mass is 9.93. The van der Waals surface area contributed by atoms with Gasteiger partial charge in [0.05, 0.1) is 28.4 Å². The Bertz CT molecular complexity index is 5940. The summed E-state index contributed by atoms with van der Waals surface area (Å²) in [7, 11) is 0. The summed E-state index contributed by atoms with van der Waals surface area (Å²) in [6.07, 6.45) is 0. The first-order valence-corrected chi connectivity index (χ1v) is 30.6. The van der Waals surface area contributed by atoms with E-state index in [1.165, 1.54) is 32.3 Å². The maximum Gasteiger partial charge on any atom is 0.238 e. The first-order valence-electron chi connectivity index (χ1n) is 30.6. The number of nitriles is 1. The van der Waals surface area contributed by atoms with Crippen LogP contribution in [0.3, 0.4) is 0 Å². The second-order valence-corrected chi connectivity index (χ2v) is 23.4. The molecule has 0 fully saturated rings. The molecule has 0 unspecified atom stereocenters. The molecule has 91 heavy (non-hydrogen) atoms. The van der Waals surface area contributed by atoms with Gasteiger partial charge < -0.3 is 9.32 Å². The molecular formula is C84H50N6O. The standard InChI is InChI=1S/C84H50N6O/c85-51-52-33-38-62(39-34-52)89(63-40-41-65-58(47-63)36-35-55-21-7-8-26-64(55)65)75-32-14-13-27-66(75)59-37-43-78-74(48-59)81-79(91-78)44-42-76-80(81)73-49-71-69-30-11-9-28-67(69)68-29-10-12-31-70(68)72(71)50-77(73)90(76)84-87-82(60-24-15-22-56(45-60)53-17-3-1-4-18-53)86-83(88-84)61-25-16-23-57(46-61)54-19-5-2-6-20-54/h1-50H. The Kier molecular flexibility index (Phi) is 11.8. The van der Waals surface area contributed by atoms with Gasteiger partial charge in [-0.05, 0) is 173 Å². The van der Waals surface area contributed by atoms with Crippen molar-refractivity contribution >= 4 is 115 Å². The minimum Gasteiger partial charge on any atom is -0.456 e. The van der Waals surface area contributed by atoms with Crippen molar-refractivity contribution in [1.29, 1.82) is 5.26 Å². The smallest absolute Gasteiger partial charge is 0.238 e. The van der Waals surface area contributed by atoms with Gasteiger partial charge in [-0.2, -0.15) is 15.2 Å². The van der Waals surface area contributed by atoms with Crippen molar-refractivity contribution in [2.45, 2.75) is 0 Å². The molecule has 3 aromatic heterocycles. The Morgan fingerprint density at radius 3 is 1.55 bits per heavy atom. The zero-order chi connectivity index (χ0) is 60.1. The van der Waals surface area contributed by atoms with Crippen molar-refractivity contribution < 1.29 is 4.42 Å². The zero-order valence-corrected chi connectivity index (χ0v) is 49.0. The van der Waals surface area contributed by atoms with Gasteiger partial charge in [-0.15, -0.1) is 0 Å². The van der Waals surface area contributed by atoms with Crippen molar-refractivity contribution in [2.24, 2.45) is 0 Å². The average molecular weight is 1160 g/mol. The highest BCUT2D eigenvalue weighted by Gasteiger charge is 2.26. The van der Waals surface area contributed by atoms with Gasteiger partial charge in [0, 0.05) is 49.6 Å². The third-order valence-electron chi connectivity index (χ3n) is 18.2. The van der Waals surface area contributed by atoms with Gasteiger partial charge in [0.25, 0.3) is 0 Å². The van der Waals surface area contributed by atoms with Crippen molar-refractivity contribution in [3.8, 4) is 68.2 Å². The number of fused-ring (bicyclic) bond motifs is 16. The van der Waals surface area contributed by atoms with Crippen LogP contribution in [0.2, 0.25) is 0 Å². The molecule has 18 rings (SSSR count). The van der Waals surface area contributed by atoms with E-state index in [4.69, 9.17) is 19.4 Å². The molecule has 0 aliphatic rings. The normalized spacial score (nSPS) is 11.7. The highest BCUT2D eigenvalue weighted by Crippen LogP contribution is 2.48. The molecule has 0 amide bonds. The molecule has 7 nitrogen and oxygen atoms in total. The monoisotopic (exact) mass is 1160 g/mol. The molecule has 7 heteroatoms. The lowest BCUT2D eigenvalue weighted by Crippen LogP contribution is -2.11. The van der Waals surface area contributed by atoms with Crippen LogP contribution in [0.4, 0.5) is 17.1 Å². The van der Waals surface area contributed by atoms with Crippen LogP contribution in [0, 0.1) is 11.3 Å². The Balaban J connectivity index is 0.900. The minimum absolute atomic E-state index is 0.492. The molecule has 0 aliphatic carbocycles. The van der Waals surface area contributed by atoms with E-state index >= 15 is 0 Å². The van der Waals surface area contributed by atoms with Crippen LogP contribution >= 0.6 is 0 Å². The molecule has 0 aliphatic heterocycles. The molecule has 0 saturated carbocycles. The molecule has 0 N–H and O–H groups in total. The van der Waals surface area contributed by atoms with E-state index in [0.717, 1.165) is 127 Å². The number of benzene rings is 15. The van der Waals surface area contributed by atoms with Crippen LogP contribution in [0.1, 0.15) is 5.56 Å². The van der Waals surface area contributed by atoms with Crippen molar-refractivity contribution in [3.05, 3.63) is 309 Å². The molecule has 0 bridgehead atoms. The number of anilines is 3. The molecule has 0 radical (unpaired) electrons. The van der Waals surface area contributed by atoms with Gasteiger partial charge in [-0.3, -0.25) is 4.57 Å². The number of hydrogen-bond donors (Lipinski definition) is 0.